The zero-order chi connectivity index (χ0) is 21.0. The molecule has 0 bridgehead atoms. The van der Waals surface area contributed by atoms with E-state index in [2.05, 4.69) is 4.99 Å². The number of amidine groups is 1. The number of carbonyl (C=O) groups is 2. The van der Waals surface area contributed by atoms with Crippen molar-refractivity contribution in [3.8, 4) is 11.5 Å². The molecular weight excluding hydrogens is 392 g/mol. The number of carbonyl (C=O) groups excluding carboxylic acids is 2. The van der Waals surface area contributed by atoms with Crippen LogP contribution in [0.15, 0.2) is 34.5 Å². The molecule has 3 rings (SSSR count). The molecule has 29 heavy (non-hydrogen) atoms. The minimum atomic E-state index is -0.614. The second kappa shape index (κ2) is 9.35. The van der Waals surface area contributed by atoms with Crippen molar-refractivity contribution in [2.75, 3.05) is 25.6 Å². The molecule has 2 heterocycles. The number of aliphatic imine (C=N–C) groups is 1. The molecule has 0 N–H and O–H groups in total. The Hall–Kier alpha value is -2.48. The first-order valence-electron chi connectivity index (χ1n) is 9.82. The quantitative estimate of drug-likeness (QED) is 0.629. The largest absolute Gasteiger partial charge is 0.490 e. The number of esters is 1. The number of hydrogen-bond acceptors (Lipinski definition) is 7. The molecule has 1 saturated heterocycles. The van der Waals surface area contributed by atoms with Crippen LogP contribution in [0.5, 0.6) is 11.5 Å². The minimum Gasteiger partial charge on any atom is -0.490 e. The van der Waals surface area contributed by atoms with E-state index in [1.54, 1.807) is 18.7 Å². The number of benzene rings is 1. The summed E-state index contributed by atoms with van der Waals surface area (Å²) < 4.78 is 16.7. The molecule has 1 amide bonds. The van der Waals surface area contributed by atoms with Gasteiger partial charge in [0.25, 0.3) is 0 Å². The Morgan fingerprint density at radius 1 is 1.17 bits per heavy atom. The van der Waals surface area contributed by atoms with Gasteiger partial charge in [-0.15, -0.1) is 0 Å². The second-order valence-corrected chi connectivity index (χ2v) is 7.51. The van der Waals surface area contributed by atoms with Gasteiger partial charge in [0.05, 0.1) is 37.1 Å². The van der Waals surface area contributed by atoms with Crippen LogP contribution >= 0.6 is 11.8 Å². The zero-order valence-corrected chi connectivity index (χ0v) is 18.0. The number of rotatable bonds is 7. The third-order valence-electron chi connectivity index (χ3n) is 4.59. The molecule has 0 spiro atoms. The Morgan fingerprint density at radius 2 is 1.90 bits per heavy atom. The van der Waals surface area contributed by atoms with E-state index in [1.165, 1.54) is 11.8 Å². The summed E-state index contributed by atoms with van der Waals surface area (Å²) >= 11 is 1.52. The van der Waals surface area contributed by atoms with Gasteiger partial charge in [-0.3, -0.25) is 9.69 Å². The fourth-order valence-electron chi connectivity index (χ4n) is 3.42. The third kappa shape index (κ3) is 4.27. The average molecular weight is 419 g/mol. The lowest BCUT2D eigenvalue weighted by Crippen LogP contribution is -2.45. The monoisotopic (exact) mass is 418 g/mol. The predicted octanol–water partition coefficient (Wildman–Crippen LogP) is 3.70. The van der Waals surface area contributed by atoms with Crippen molar-refractivity contribution >= 4 is 28.8 Å². The highest BCUT2D eigenvalue weighted by molar-refractivity contribution is 8.14. The highest BCUT2D eigenvalue weighted by atomic mass is 32.2. The van der Waals surface area contributed by atoms with Crippen LogP contribution in [-0.2, 0) is 14.3 Å². The fraction of sp³-hybridized carbons (Fsp3) is 0.476. The van der Waals surface area contributed by atoms with Gasteiger partial charge in [-0.1, -0.05) is 17.8 Å². The Morgan fingerprint density at radius 3 is 2.59 bits per heavy atom. The van der Waals surface area contributed by atoms with E-state index in [9.17, 15) is 9.59 Å². The molecule has 156 valence electrons. The summed E-state index contributed by atoms with van der Waals surface area (Å²) in [5.41, 5.74) is 1.69. The van der Waals surface area contributed by atoms with E-state index in [0.717, 1.165) is 5.56 Å². The summed E-state index contributed by atoms with van der Waals surface area (Å²) in [5, 5.41) is 0.614. The zero-order valence-electron chi connectivity index (χ0n) is 17.2. The Balaban J connectivity index is 2.14. The van der Waals surface area contributed by atoms with Crippen molar-refractivity contribution in [2.45, 2.75) is 40.2 Å². The number of allylic oxidation sites excluding steroid dienone is 1. The molecule has 0 unspecified atom stereocenters. The molecule has 0 aromatic heterocycles. The van der Waals surface area contributed by atoms with Crippen LogP contribution in [0.25, 0.3) is 0 Å². The highest BCUT2D eigenvalue weighted by Crippen LogP contribution is 2.42. The van der Waals surface area contributed by atoms with Gasteiger partial charge in [-0.2, -0.15) is 0 Å². The molecule has 0 aliphatic carbocycles. The van der Waals surface area contributed by atoms with Crippen molar-refractivity contribution in [1.29, 1.82) is 0 Å². The Kier molecular flexibility index (Phi) is 6.84. The predicted molar refractivity (Wildman–Crippen MR) is 112 cm³/mol. The van der Waals surface area contributed by atoms with Crippen molar-refractivity contribution in [3.63, 3.8) is 0 Å². The number of nitrogens with zero attached hydrogens (tertiary/aromatic N) is 2. The van der Waals surface area contributed by atoms with Crippen LogP contribution in [0.2, 0.25) is 0 Å². The molecule has 1 aromatic carbocycles. The molecule has 0 radical (unpaired) electrons. The molecular formula is C21H26N2O5S. The lowest BCUT2D eigenvalue weighted by molar-refractivity contribution is -0.139. The van der Waals surface area contributed by atoms with Crippen LogP contribution in [0, 0.1) is 0 Å². The van der Waals surface area contributed by atoms with E-state index in [-0.39, 0.29) is 12.5 Å². The summed E-state index contributed by atoms with van der Waals surface area (Å²) in [7, 11) is 0. The number of thioether (sulfide) groups is 1. The maximum Gasteiger partial charge on any atom is 0.338 e. The molecule has 1 fully saturated rings. The molecule has 2 aliphatic rings. The average Bonchev–Trinajstić information content (AvgIpc) is 2.69. The van der Waals surface area contributed by atoms with Crippen LogP contribution < -0.4 is 9.47 Å². The van der Waals surface area contributed by atoms with Crippen molar-refractivity contribution in [2.24, 2.45) is 4.99 Å². The maximum absolute atomic E-state index is 12.8. The van der Waals surface area contributed by atoms with Gasteiger partial charge in [0.15, 0.2) is 16.7 Å². The first-order valence-corrected chi connectivity index (χ1v) is 10.8. The molecule has 1 aromatic rings. The molecule has 1 atom stereocenters. The van der Waals surface area contributed by atoms with E-state index >= 15 is 0 Å². The lowest BCUT2D eigenvalue weighted by Gasteiger charge is -2.39. The van der Waals surface area contributed by atoms with Crippen molar-refractivity contribution in [3.05, 3.63) is 35.0 Å². The minimum absolute atomic E-state index is 0.0614. The Labute approximate surface area is 175 Å². The topological polar surface area (TPSA) is 77.4 Å². The standard InChI is InChI=1S/C21H26N2O5S/c1-5-26-15-9-8-14(12-16(15)27-6-2)19-18(20(25)28-7-3)13(4)22-21-23(19)17(24)10-11-29-21/h8-9,12,19H,5-7,10-11H2,1-4H3/t19-/m0/s1. The van der Waals surface area contributed by atoms with E-state index in [4.69, 9.17) is 14.2 Å². The lowest BCUT2D eigenvalue weighted by atomic mass is 9.94. The molecule has 8 heteroatoms. The highest BCUT2D eigenvalue weighted by Gasteiger charge is 2.41. The van der Waals surface area contributed by atoms with E-state index < -0.39 is 12.0 Å². The number of hydrogen-bond donors (Lipinski definition) is 0. The van der Waals surface area contributed by atoms with Crippen molar-refractivity contribution < 1.29 is 23.8 Å². The maximum atomic E-state index is 12.8. The van der Waals surface area contributed by atoms with Crippen LogP contribution in [-0.4, -0.2) is 47.5 Å². The van der Waals surface area contributed by atoms with E-state index in [1.807, 2.05) is 32.0 Å². The van der Waals surface area contributed by atoms with Gasteiger partial charge in [0, 0.05) is 12.2 Å². The van der Waals surface area contributed by atoms with Crippen molar-refractivity contribution in [1.82, 2.24) is 4.90 Å². The molecule has 2 aliphatic heterocycles. The number of amides is 1. The summed E-state index contributed by atoms with van der Waals surface area (Å²) in [6, 6.07) is 4.90. The normalized spacial score (nSPS) is 18.9. The first kappa shape index (κ1) is 21.2. The smallest absolute Gasteiger partial charge is 0.338 e. The second-order valence-electron chi connectivity index (χ2n) is 6.45. The summed E-state index contributed by atoms with van der Waals surface area (Å²) in [4.78, 5) is 31.8. The number of fused-ring (bicyclic) bond motifs is 1. The SMILES string of the molecule is CCOC(=O)C1=C(C)N=C2SCCC(=O)N2[C@H]1c1ccc(OCC)c(OCC)c1. The summed E-state index contributed by atoms with van der Waals surface area (Å²) in [6.45, 7) is 8.56. The van der Waals surface area contributed by atoms with Gasteiger partial charge in [-0.05, 0) is 45.4 Å². The van der Waals surface area contributed by atoms with Gasteiger partial charge < -0.3 is 14.2 Å². The first-order chi connectivity index (χ1) is 14.0. The number of ether oxygens (including phenoxy) is 3. The van der Waals surface area contributed by atoms with E-state index in [0.29, 0.717) is 53.3 Å². The van der Waals surface area contributed by atoms with Gasteiger partial charge >= 0.3 is 5.97 Å². The van der Waals surface area contributed by atoms with Gasteiger partial charge in [0.2, 0.25) is 5.91 Å². The van der Waals surface area contributed by atoms with Gasteiger partial charge in [-0.25, -0.2) is 9.79 Å². The van der Waals surface area contributed by atoms with Crippen LogP contribution in [0.1, 0.15) is 45.7 Å². The molecule has 0 saturated carbocycles. The van der Waals surface area contributed by atoms with Crippen LogP contribution in [0.4, 0.5) is 0 Å². The molecule has 7 nitrogen and oxygen atoms in total. The van der Waals surface area contributed by atoms with Gasteiger partial charge in [0.1, 0.15) is 0 Å². The third-order valence-corrected chi connectivity index (χ3v) is 5.54. The Bertz CT molecular complexity index is 865. The summed E-state index contributed by atoms with van der Waals surface area (Å²) in [5.74, 6) is 1.35. The van der Waals surface area contributed by atoms with Crippen LogP contribution in [0.3, 0.4) is 0 Å². The summed E-state index contributed by atoms with van der Waals surface area (Å²) in [6.07, 6.45) is 0.394. The fourth-order valence-corrected chi connectivity index (χ4v) is 4.43.